The van der Waals surface area contributed by atoms with Crippen molar-refractivity contribution in [3.05, 3.63) is 75.8 Å². The van der Waals surface area contributed by atoms with Gasteiger partial charge in [-0.2, -0.15) is 0 Å². The van der Waals surface area contributed by atoms with E-state index in [2.05, 4.69) is 10.6 Å². The van der Waals surface area contributed by atoms with Crippen molar-refractivity contribution in [1.82, 2.24) is 10.6 Å². The predicted molar refractivity (Wildman–Crippen MR) is 115 cm³/mol. The lowest BCUT2D eigenvalue weighted by Gasteiger charge is -2.26. The molecule has 2 aromatic rings. The molecule has 1 fully saturated rings. The number of carbonyl (C=O) groups excluding carboxylic acids is 2. The predicted octanol–water partition coefficient (Wildman–Crippen LogP) is 3.88. The van der Waals surface area contributed by atoms with Crippen LogP contribution in [0.3, 0.4) is 0 Å². The van der Waals surface area contributed by atoms with Gasteiger partial charge in [0.15, 0.2) is 0 Å². The number of carbonyl (C=O) groups is 2. The molecule has 1 atom stereocenters. The standard InChI is InChI=1S/C23H27N3O5/c27-22(24-19-9-5-2-6-10-19)21(15-17-11-13-20(14-12-17)26(29)30)25-23(28)31-16-18-7-3-1-4-8-18/h1,3-4,7-8,11-14,19,21H,2,5-6,9-10,15-16H2,(H,24,27)(H,25,28)/t21-/m0/s1. The van der Waals surface area contributed by atoms with Gasteiger partial charge in [-0.1, -0.05) is 61.7 Å². The second-order valence-electron chi connectivity index (χ2n) is 7.73. The van der Waals surface area contributed by atoms with Crippen LogP contribution < -0.4 is 10.6 Å². The average Bonchev–Trinajstić information content (AvgIpc) is 2.79. The van der Waals surface area contributed by atoms with Gasteiger partial charge < -0.3 is 15.4 Å². The number of amides is 2. The molecule has 3 rings (SSSR count). The highest BCUT2D eigenvalue weighted by atomic mass is 16.6. The van der Waals surface area contributed by atoms with Crippen molar-refractivity contribution in [2.75, 3.05) is 0 Å². The van der Waals surface area contributed by atoms with E-state index in [1.807, 2.05) is 30.3 Å². The summed E-state index contributed by atoms with van der Waals surface area (Å²) in [6.07, 6.45) is 4.69. The second-order valence-corrected chi connectivity index (χ2v) is 7.73. The van der Waals surface area contributed by atoms with Crippen LogP contribution in [-0.2, 0) is 22.6 Å². The number of nitrogens with one attached hydrogen (secondary N) is 2. The van der Waals surface area contributed by atoms with Crippen LogP contribution in [0.4, 0.5) is 10.5 Å². The summed E-state index contributed by atoms with van der Waals surface area (Å²) in [5.74, 6) is -0.276. The molecule has 0 heterocycles. The maximum Gasteiger partial charge on any atom is 0.408 e. The summed E-state index contributed by atoms with van der Waals surface area (Å²) in [6, 6.07) is 14.5. The highest BCUT2D eigenvalue weighted by Crippen LogP contribution is 2.18. The molecule has 8 nitrogen and oxygen atoms in total. The zero-order chi connectivity index (χ0) is 22.1. The van der Waals surface area contributed by atoms with Crippen LogP contribution in [0, 0.1) is 10.1 Å². The quantitative estimate of drug-likeness (QED) is 0.493. The molecule has 0 spiro atoms. The number of nitrogens with zero attached hydrogens (tertiary/aromatic N) is 1. The summed E-state index contributed by atoms with van der Waals surface area (Å²) in [5.41, 5.74) is 1.52. The Morgan fingerprint density at radius 3 is 2.32 bits per heavy atom. The molecule has 164 valence electrons. The maximum absolute atomic E-state index is 12.9. The topological polar surface area (TPSA) is 111 Å². The largest absolute Gasteiger partial charge is 0.445 e. The number of hydrogen-bond donors (Lipinski definition) is 2. The number of nitro groups is 1. The molecule has 0 aliphatic heterocycles. The van der Waals surface area contributed by atoms with Crippen molar-refractivity contribution >= 4 is 17.7 Å². The van der Waals surface area contributed by atoms with Gasteiger partial charge in [0, 0.05) is 24.6 Å². The van der Waals surface area contributed by atoms with Crippen LogP contribution in [0.15, 0.2) is 54.6 Å². The van der Waals surface area contributed by atoms with Crippen molar-refractivity contribution in [3.8, 4) is 0 Å². The smallest absolute Gasteiger partial charge is 0.408 e. The fourth-order valence-electron chi connectivity index (χ4n) is 3.65. The van der Waals surface area contributed by atoms with E-state index in [1.54, 1.807) is 12.1 Å². The molecular weight excluding hydrogens is 398 g/mol. The average molecular weight is 425 g/mol. The van der Waals surface area contributed by atoms with Crippen molar-refractivity contribution in [3.63, 3.8) is 0 Å². The lowest BCUT2D eigenvalue weighted by Crippen LogP contribution is -2.51. The Morgan fingerprint density at radius 2 is 1.68 bits per heavy atom. The van der Waals surface area contributed by atoms with Crippen LogP contribution >= 0.6 is 0 Å². The molecule has 1 saturated carbocycles. The monoisotopic (exact) mass is 425 g/mol. The number of hydrogen-bond acceptors (Lipinski definition) is 5. The summed E-state index contributed by atoms with van der Waals surface area (Å²) < 4.78 is 5.27. The summed E-state index contributed by atoms with van der Waals surface area (Å²) >= 11 is 0. The number of ether oxygens (including phenoxy) is 1. The van der Waals surface area contributed by atoms with E-state index in [0.29, 0.717) is 5.56 Å². The molecule has 0 unspecified atom stereocenters. The molecule has 8 heteroatoms. The van der Waals surface area contributed by atoms with Gasteiger partial charge >= 0.3 is 6.09 Å². The van der Waals surface area contributed by atoms with Crippen molar-refractivity contribution in [1.29, 1.82) is 0 Å². The third kappa shape index (κ3) is 7.09. The number of rotatable bonds is 8. The molecular formula is C23H27N3O5. The molecule has 1 aliphatic carbocycles. The lowest BCUT2D eigenvalue weighted by molar-refractivity contribution is -0.384. The highest BCUT2D eigenvalue weighted by Gasteiger charge is 2.25. The van der Waals surface area contributed by atoms with Crippen LogP contribution in [0.5, 0.6) is 0 Å². The zero-order valence-corrected chi connectivity index (χ0v) is 17.3. The van der Waals surface area contributed by atoms with E-state index < -0.39 is 17.1 Å². The molecule has 1 aliphatic rings. The Hall–Kier alpha value is -3.42. The van der Waals surface area contributed by atoms with Gasteiger partial charge in [-0.3, -0.25) is 14.9 Å². The normalized spacial score (nSPS) is 15.0. The number of alkyl carbamates (subject to hydrolysis) is 1. The van der Waals surface area contributed by atoms with Crippen molar-refractivity contribution in [2.24, 2.45) is 0 Å². The number of benzene rings is 2. The first-order chi connectivity index (χ1) is 15.0. The van der Waals surface area contributed by atoms with Crippen LogP contribution in [0.25, 0.3) is 0 Å². The molecule has 0 saturated heterocycles. The van der Waals surface area contributed by atoms with Gasteiger partial charge in [-0.15, -0.1) is 0 Å². The molecule has 2 aromatic carbocycles. The minimum atomic E-state index is -0.841. The third-order valence-corrected chi connectivity index (χ3v) is 5.36. The molecule has 0 bridgehead atoms. The van der Waals surface area contributed by atoms with Gasteiger partial charge in [-0.05, 0) is 24.0 Å². The van der Waals surface area contributed by atoms with Crippen LogP contribution in [-0.4, -0.2) is 29.0 Å². The molecule has 2 N–H and O–H groups in total. The first kappa shape index (κ1) is 22.3. The van der Waals surface area contributed by atoms with Gasteiger partial charge in [0.1, 0.15) is 12.6 Å². The zero-order valence-electron chi connectivity index (χ0n) is 17.3. The highest BCUT2D eigenvalue weighted by molar-refractivity contribution is 5.86. The van der Waals surface area contributed by atoms with Gasteiger partial charge in [0.2, 0.25) is 5.91 Å². The van der Waals surface area contributed by atoms with Crippen molar-refractivity contribution < 1.29 is 19.2 Å². The first-order valence-corrected chi connectivity index (χ1v) is 10.5. The molecule has 0 aromatic heterocycles. The Balaban J connectivity index is 1.64. The third-order valence-electron chi connectivity index (χ3n) is 5.36. The fourth-order valence-corrected chi connectivity index (χ4v) is 3.65. The molecule has 31 heavy (non-hydrogen) atoms. The summed E-state index contributed by atoms with van der Waals surface area (Å²) in [6.45, 7) is 0.0984. The van der Waals surface area contributed by atoms with Crippen molar-refractivity contribution in [2.45, 2.75) is 57.2 Å². The van der Waals surface area contributed by atoms with Gasteiger partial charge in [0.25, 0.3) is 5.69 Å². The SMILES string of the molecule is O=C(N[C@@H](Cc1ccc([N+](=O)[O-])cc1)C(=O)NC1CCCCC1)OCc1ccccc1. The number of nitro benzene ring substituents is 1. The Kier molecular flexibility index (Phi) is 7.98. The van der Waals surface area contributed by atoms with Crippen LogP contribution in [0.2, 0.25) is 0 Å². The van der Waals surface area contributed by atoms with E-state index >= 15 is 0 Å². The molecule has 2 amide bonds. The minimum Gasteiger partial charge on any atom is -0.445 e. The molecule has 0 radical (unpaired) electrons. The first-order valence-electron chi connectivity index (χ1n) is 10.5. The van der Waals surface area contributed by atoms with E-state index in [9.17, 15) is 19.7 Å². The minimum absolute atomic E-state index is 0.0258. The summed E-state index contributed by atoms with van der Waals surface area (Å²) in [7, 11) is 0. The Bertz CT molecular complexity index is 880. The number of non-ortho nitro benzene ring substituents is 1. The Labute approximate surface area is 181 Å². The summed E-state index contributed by atoms with van der Waals surface area (Å²) in [5, 5.41) is 16.6. The summed E-state index contributed by atoms with van der Waals surface area (Å²) in [4.78, 5) is 35.7. The van der Waals surface area contributed by atoms with E-state index in [4.69, 9.17) is 4.74 Å². The second kappa shape index (κ2) is 11.1. The van der Waals surface area contributed by atoms with Gasteiger partial charge in [-0.25, -0.2) is 4.79 Å². The Morgan fingerprint density at radius 1 is 1.00 bits per heavy atom. The van der Waals surface area contributed by atoms with E-state index in [-0.39, 0.29) is 30.7 Å². The van der Waals surface area contributed by atoms with E-state index in [0.717, 1.165) is 31.2 Å². The fraction of sp³-hybridized carbons (Fsp3) is 0.391. The van der Waals surface area contributed by atoms with Gasteiger partial charge in [0.05, 0.1) is 4.92 Å². The maximum atomic E-state index is 12.9. The van der Waals surface area contributed by atoms with Crippen LogP contribution in [0.1, 0.15) is 43.2 Å². The lowest BCUT2D eigenvalue weighted by atomic mass is 9.95. The van der Waals surface area contributed by atoms with E-state index in [1.165, 1.54) is 18.6 Å².